The standard InChI is InChI=1S/C14H17N5O3.ClH/c1-8-11(3-2-6-15-8)16-14(20)13-10-7-9(19(21)22)4-5-12(10)17-18-13;/h4-5,7-8,11,15H,2-3,6H2,1H3,(H,16,20)(H,17,18);1H. The molecule has 3 N–H and O–H groups in total. The van der Waals surface area contributed by atoms with Crippen molar-refractivity contribution < 1.29 is 9.72 Å². The van der Waals surface area contributed by atoms with E-state index in [0.29, 0.717) is 10.9 Å². The van der Waals surface area contributed by atoms with Crippen LogP contribution in [0.3, 0.4) is 0 Å². The Hall–Kier alpha value is -2.19. The maximum absolute atomic E-state index is 12.4. The van der Waals surface area contributed by atoms with Crippen molar-refractivity contribution in [1.29, 1.82) is 0 Å². The Balaban J connectivity index is 0.00000192. The molecule has 9 heteroatoms. The van der Waals surface area contributed by atoms with Gasteiger partial charge in [0.15, 0.2) is 5.69 Å². The Morgan fingerprint density at radius 2 is 2.26 bits per heavy atom. The van der Waals surface area contributed by atoms with E-state index in [1.165, 1.54) is 12.1 Å². The number of benzene rings is 1. The van der Waals surface area contributed by atoms with Gasteiger partial charge in [0.2, 0.25) is 0 Å². The van der Waals surface area contributed by atoms with Crippen LogP contribution >= 0.6 is 12.4 Å². The summed E-state index contributed by atoms with van der Waals surface area (Å²) >= 11 is 0. The molecule has 0 bridgehead atoms. The number of nitrogens with one attached hydrogen (secondary N) is 3. The number of rotatable bonds is 3. The molecule has 8 nitrogen and oxygen atoms in total. The van der Waals surface area contributed by atoms with Crippen LogP contribution in [0.1, 0.15) is 30.3 Å². The van der Waals surface area contributed by atoms with E-state index in [1.54, 1.807) is 6.07 Å². The number of non-ortho nitro benzene ring substituents is 1. The zero-order valence-electron chi connectivity index (χ0n) is 12.5. The summed E-state index contributed by atoms with van der Waals surface area (Å²) in [6, 6.07) is 4.54. The second kappa shape index (κ2) is 6.93. The van der Waals surface area contributed by atoms with E-state index in [1.807, 2.05) is 6.92 Å². The number of nitro benzene ring substituents is 1. The highest BCUT2D eigenvalue weighted by molar-refractivity contribution is 6.05. The number of piperidine rings is 1. The molecule has 0 radical (unpaired) electrons. The van der Waals surface area contributed by atoms with Gasteiger partial charge >= 0.3 is 0 Å². The quantitative estimate of drug-likeness (QED) is 0.582. The lowest BCUT2D eigenvalue weighted by Gasteiger charge is -2.30. The van der Waals surface area contributed by atoms with Crippen molar-refractivity contribution in [2.45, 2.75) is 31.8 Å². The first-order valence-electron chi connectivity index (χ1n) is 7.23. The first-order valence-corrected chi connectivity index (χ1v) is 7.23. The van der Waals surface area contributed by atoms with Crippen LogP contribution in [0.4, 0.5) is 5.69 Å². The highest BCUT2D eigenvalue weighted by Crippen LogP contribution is 2.22. The minimum Gasteiger partial charge on any atom is -0.346 e. The molecule has 1 aromatic carbocycles. The molecular formula is C14H18ClN5O3. The van der Waals surface area contributed by atoms with Gasteiger partial charge in [0, 0.05) is 29.6 Å². The molecule has 1 aromatic heterocycles. The van der Waals surface area contributed by atoms with Crippen LogP contribution in [0, 0.1) is 10.1 Å². The zero-order chi connectivity index (χ0) is 15.7. The number of hydrogen-bond acceptors (Lipinski definition) is 5. The number of H-pyrrole nitrogens is 1. The van der Waals surface area contributed by atoms with Crippen molar-refractivity contribution >= 4 is 34.9 Å². The van der Waals surface area contributed by atoms with Gasteiger partial charge in [-0.2, -0.15) is 5.10 Å². The van der Waals surface area contributed by atoms with Crippen LogP contribution in [0.25, 0.3) is 10.9 Å². The van der Waals surface area contributed by atoms with Crippen LogP contribution in [-0.2, 0) is 0 Å². The normalized spacial score (nSPS) is 20.7. The van der Waals surface area contributed by atoms with Gasteiger partial charge in [0.05, 0.1) is 10.4 Å². The molecule has 2 heterocycles. The van der Waals surface area contributed by atoms with E-state index in [0.717, 1.165) is 19.4 Å². The van der Waals surface area contributed by atoms with E-state index in [9.17, 15) is 14.9 Å². The molecule has 124 valence electrons. The summed E-state index contributed by atoms with van der Waals surface area (Å²) in [4.78, 5) is 22.8. The molecule has 1 aliphatic heterocycles. The maximum atomic E-state index is 12.4. The fourth-order valence-corrected chi connectivity index (χ4v) is 2.77. The summed E-state index contributed by atoms with van der Waals surface area (Å²) < 4.78 is 0. The zero-order valence-corrected chi connectivity index (χ0v) is 13.4. The number of amides is 1. The molecule has 0 spiro atoms. The van der Waals surface area contributed by atoms with Gasteiger partial charge in [-0.1, -0.05) is 0 Å². The van der Waals surface area contributed by atoms with Crippen molar-refractivity contribution in [2.24, 2.45) is 0 Å². The molecule has 2 atom stereocenters. The smallest absolute Gasteiger partial charge is 0.272 e. The summed E-state index contributed by atoms with van der Waals surface area (Å²) in [6.07, 6.45) is 1.91. The van der Waals surface area contributed by atoms with E-state index < -0.39 is 4.92 Å². The fraction of sp³-hybridized carbons (Fsp3) is 0.429. The number of aromatic amines is 1. The van der Waals surface area contributed by atoms with Gasteiger partial charge in [-0.15, -0.1) is 12.4 Å². The first-order chi connectivity index (χ1) is 10.6. The Morgan fingerprint density at radius 3 is 2.96 bits per heavy atom. The third kappa shape index (κ3) is 3.43. The molecule has 23 heavy (non-hydrogen) atoms. The molecule has 0 aliphatic carbocycles. The number of carbonyl (C=O) groups is 1. The van der Waals surface area contributed by atoms with Gasteiger partial charge in [0.1, 0.15) is 0 Å². The van der Waals surface area contributed by atoms with Gasteiger partial charge in [-0.25, -0.2) is 0 Å². The molecular weight excluding hydrogens is 322 g/mol. The third-order valence-electron chi connectivity index (χ3n) is 4.05. The minimum absolute atomic E-state index is 0. The summed E-state index contributed by atoms with van der Waals surface area (Å²) in [5.74, 6) is -0.313. The van der Waals surface area contributed by atoms with Crippen LogP contribution in [-0.4, -0.2) is 39.7 Å². The molecule has 1 aliphatic rings. The van der Waals surface area contributed by atoms with Gasteiger partial charge in [0.25, 0.3) is 11.6 Å². The Bertz CT molecular complexity index is 732. The van der Waals surface area contributed by atoms with E-state index in [4.69, 9.17) is 0 Å². The van der Waals surface area contributed by atoms with Crippen molar-refractivity contribution in [3.05, 3.63) is 34.0 Å². The average molecular weight is 340 g/mol. The summed E-state index contributed by atoms with van der Waals surface area (Å²) in [7, 11) is 0. The van der Waals surface area contributed by atoms with Gasteiger partial charge in [-0.3, -0.25) is 20.0 Å². The van der Waals surface area contributed by atoms with E-state index in [-0.39, 0.29) is 41.8 Å². The van der Waals surface area contributed by atoms with Crippen molar-refractivity contribution in [2.75, 3.05) is 6.54 Å². The van der Waals surface area contributed by atoms with Crippen molar-refractivity contribution in [1.82, 2.24) is 20.8 Å². The topological polar surface area (TPSA) is 113 Å². The van der Waals surface area contributed by atoms with Crippen molar-refractivity contribution in [3.63, 3.8) is 0 Å². The van der Waals surface area contributed by atoms with E-state index in [2.05, 4.69) is 20.8 Å². The number of hydrogen-bond donors (Lipinski definition) is 3. The van der Waals surface area contributed by atoms with Crippen LogP contribution in [0.15, 0.2) is 18.2 Å². The van der Waals surface area contributed by atoms with Crippen molar-refractivity contribution in [3.8, 4) is 0 Å². The number of carbonyl (C=O) groups excluding carboxylic acids is 1. The van der Waals surface area contributed by atoms with Crippen LogP contribution < -0.4 is 10.6 Å². The largest absolute Gasteiger partial charge is 0.346 e. The molecule has 1 saturated heterocycles. The molecule has 1 amide bonds. The number of nitrogens with zero attached hydrogens (tertiary/aromatic N) is 2. The average Bonchev–Trinajstić information content (AvgIpc) is 2.92. The Kier molecular flexibility index (Phi) is 5.17. The van der Waals surface area contributed by atoms with Crippen LogP contribution in [0.2, 0.25) is 0 Å². The summed E-state index contributed by atoms with van der Waals surface area (Å²) in [5, 5.41) is 24.3. The SMILES string of the molecule is CC1NCCCC1NC(=O)c1n[nH]c2ccc([N+](=O)[O-])cc12.Cl. The molecule has 0 saturated carbocycles. The first kappa shape index (κ1) is 17.2. The summed E-state index contributed by atoms with van der Waals surface area (Å²) in [5.41, 5.74) is 0.734. The summed E-state index contributed by atoms with van der Waals surface area (Å²) in [6.45, 7) is 2.97. The van der Waals surface area contributed by atoms with E-state index >= 15 is 0 Å². The Labute approximate surface area is 138 Å². The maximum Gasteiger partial charge on any atom is 0.272 e. The lowest BCUT2D eigenvalue weighted by Crippen LogP contribution is -2.52. The predicted octanol–water partition coefficient (Wildman–Crippen LogP) is 1.76. The number of aromatic nitrogens is 2. The minimum atomic E-state index is -0.485. The monoisotopic (exact) mass is 339 g/mol. The van der Waals surface area contributed by atoms with Gasteiger partial charge < -0.3 is 10.6 Å². The molecule has 2 unspecified atom stereocenters. The molecule has 1 fully saturated rings. The third-order valence-corrected chi connectivity index (χ3v) is 4.05. The number of fused-ring (bicyclic) bond motifs is 1. The predicted molar refractivity (Wildman–Crippen MR) is 87.9 cm³/mol. The Morgan fingerprint density at radius 1 is 1.48 bits per heavy atom. The van der Waals surface area contributed by atoms with Gasteiger partial charge in [-0.05, 0) is 32.4 Å². The lowest BCUT2D eigenvalue weighted by atomic mass is 9.99. The van der Waals surface area contributed by atoms with Crippen LogP contribution in [0.5, 0.6) is 0 Å². The second-order valence-electron chi connectivity index (χ2n) is 5.52. The number of halogens is 1. The second-order valence-corrected chi connectivity index (χ2v) is 5.52. The molecule has 3 rings (SSSR count). The molecule has 2 aromatic rings. The highest BCUT2D eigenvalue weighted by atomic mass is 35.5. The lowest BCUT2D eigenvalue weighted by molar-refractivity contribution is -0.384. The fourth-order valence-electron chi connectivity index (χ4n) is 2.77. The number of nitro groups is 1. The highest BCUT2D eigenvalue weighted by Gasteiger charge is 2.25.